The Hall–Kier alpha value is -1.56. The second kappa shape index (κ2) is 3.96. The van der Waals surface area contributed by atoms with E-state index in [-0.39, 0.29) is 18.3 Å². The summed E-state index contributed by atoms with van der Waals surface area (Å²) < 4.78 is 0. The van der Waals surface area contributed by atoms with E-state index in [2.05, 4.69) is 14.9 Å². The molecule has 1 N–H and O–H groups in total. The summed E-state index contributed by atoms with van der Waals surface area (Å²) in [6, 6.07) is 0.718. The Bertz CT molecular complexity index is 581. The van der Waals surface area contributed by atoms with Crippen LogP contribution in [0.3, 0.4) is 0 Å². The van der Waals surface area contributed by atoms with E-state index >= 15 is 0 Å². The van der Waals surface area contributed by atoms with Crippen LogP contribution in [0.4, 0.5) is 5.82 Å². The molecule has 1 saturated carbocycles. The molecular formula is C12H16ClN5O. The molecule has 0 saturated heterocycles. The first-order valence-electron chi connectivity index (χ1n) is 6.38. The third-order valence-corrected chi connectivity index (χ3v) is 4.12. The van der Waals surface area contributed by atoms with E-state index in [1.54, 1.807) is 11.9 Å². The number of amides is 1. The maximum atomic E-state index is 12.2. The van der Waals surface area contributed by atoms with Gasteiger partial charge in [0.15, 0.2) is 5.82 Å². The highest BCUT2D eigenvalue weighted by molar-refractivity contribution is 6.18. The van der Waals surface area contributed by atoms with Gasteiger partial charge in [-0.3, -0.25) is 14.6 Å². The minimum absolute atomic E-state index is 0. The van der Waals surface area contributed by atoms with Gasteiger partial charge in [-0.2, -0.15) is 0 Å². The number of fused-ring (bicyclic) bond motifs is 5. The van der Waals surface area contributed by atoms with Crippen LogP contribution in [0.1, 0.15) is 35.6 Å². The number of guanidine groups is 1. The molecule has 0 unspecified atom stereocenters. The summed E-state index contributed by atoms with van der Waals surface area (Å²) in [5.41, 5.74) is 0.599. The predicted molar refractivity (Wildman–Crippen MR) is 74.0 cm³/mol. The van der Waals surface area contributed by atoms with Crippen LogP contribution in [0.15, 0.2) is 4.99 Å². The minimum Gasteiger partial charge on any atom is -0.336 e. The van der Waals surface area contributed by atoms with Gasteiger partial charge in [0.25, 0.3) is 5.91 Å². The number of nitrogens with one attached hydrogen (secondary N) is 1. The number of halogens is 1. The quantitative estimate of drug-likeness (QED) is 0.780. The molecular weight excluding hydrogens is 266 g/mol. The highest BCUT2D eigenvalue weighted by atomic mass is 35.5. The number of aromatic nitrogens is 2. The summed E-state index contributed by atoms with van der Waals surface area (Å²) in [7, 11) is 1.79. The highest BCUT2D eigenvalue weighted by Gasteiger charge is 2.47. The van der Waals surface area contributed by atoms with Gasteiger partial charge in [0.2, 0.25) is 5.96 Å². The smallest absolute Gasteiger partial charge is 0.280 e. The number of H-pyrrole nitrogens is 1. The molecule has 2 aliphatic heterocycles. The van der Waals surface area contributed by atoms with Gasteiger partial charge < -0.3 is 4.98 Å². The first kappa shape index (κ1) is 12.5. The van der Waals surface area contributed by atoms with E-state index in [0.29, 0.717) is 17.8 Å². The standard InChI is InChI=1S/C12H15N5O.ClH/c1-6-13-9-10(14-6)17-8-5-3-4-7(8)15-12(17)16(2)11(9)18;/h7-8H,3-5H2,1-2H3,(H,13,14);1H/t7-,8+;/m1./s1. The Kier molecular flexibility index (Phi) is 2.60. The molecule has 1 aliphatic carbocycles. The van der Waals surface area contributed by atoms with Crippen LogP contribution in [0.2, 0.25) is 0 Å². The van der Waals surface area contributed by atoms with Crippen molar-refractivity contribution < 1.29 is 4.79 Å². The molecule has 0 spiro atoms. The normalized spacial score (nSPS) is 27.7. The largest absolute Gasteiger partial charge is 0.336 e. The molecule has 3 aliphatic rings. The van der Waals surface area contributed by atoms with E-state index in [4.69, 9.17) is 4.99 Å². The number of aliphatic imine (C=N–C) groups is 1. The Morgan fingerprint density at radius 1 is 1.37 bits per heavy atom. The molecule has 1 aromatic rings. The lowest BCUT2D eigenvalue weighted by atomic mass is 10.1. The zero-order valence-electron chi connectivity index (χ0n) is 10.9. The summed E-state index contributed by atoms with van der Waals surface area (Å²) >= 11 is 0. The van der Waals surface area contributed by atoms with Crippen LogP contribution in [0.25, 0.3) is 0 Å². The average molecular weight is 282 g/mol. The number of aromatic amines is 1. The van der Waals surface area contributed by atoms with E-state index in [9.17, 15) is 4.79 Å². The summed E-state index contributed by atoms with van der Waals surface area (Å²) in [6.07, 6.45) is 3.45. The highest BCUT2D eigenvalue weighted by Crippen LogP contribution is 2.39. The van der Waals surface area contributed by atoms with Crippen molar-refractivity contribution in [2.24, 2.45) is 4.99 Å². The zero-order valence-corrected chi connectivity index (χ0v) is 11.7. The van der Waals surface area contributed by atoms with Crippen LogP contribution >= 0.6 is 12.4 Å². The van der Waals surface area contributed by atoms with Crippen LogP contribution < -0.4 is 4.90 Å². The summed E-state index contributed by atoms with van der Waals surface area (Å²) in [5.74, 6) is 2.28. The Labute approximate surface area is 117 Å². The number of rotatable bonds is 0. The molecule has 0 aromatic carbocycles. The Morgan fingerprint density at radius 3 is 2.95 bits per heavy atom. The topological polar surface area (TPSA) is 64.6 Å². The second-order valence-corrected chi connectivity index (χ2v) is 5.25. The van der Waals surface area contributed by atoms with Crippen molar-refractivity contribution in [3.8, 4) is 0 Å². The van der Waals surface area contributed by atoms with Crippen molar-refractivity contribution in [1.82, 2.24) is 14.9 Å². The molecule has 7 heteroatoms. The fraction of sp³-hybridized carbons (Fsp3) is 0.583. The maximum absolute atomic E-state index is 12.2. The summed E-state index contributed by atoms with van der Waals surface area (Å²) in [6.45, 7) is 1.88. The number of hydrogen-bond acceptors (Lipinski definition) is 4. The number of hydrogen-bond donors (Lipinski definition) is 1. The third kappa shape index (κ3) is 1.46. The van der Waals surface area contributed by atoms with E-state index in [1.165, 1.54) is 6.42 Å². The molecule has 1 aromatic heterocycles. The lowest BCUT2D eigenvalue weighted by molar-refractivity contribution is 0.0860. The Morgan fingerprint density at radius 2 is 2.16 bits per heavy atom. The SMILES string of the molecule is Cc1nc2c([nH]1)C(=O)N(C)C1=N[C@@H]3CCC[C@@H]3N12.Cl. The van der Waals surface area contributed by atoms with Crippen LogP contribution in [0.5, 0.6) is 0 Å². The van der Waals surface area contributed by atoms with E-state index in [0.717, 1.165) is 30.4 Å². The molecule has 0 radical (unpaired) electrons. The van der Waals surface area contributed by atoms with Gasteiger partial charge in [-0.25, -0.2) is 9.98 Å². The van der Waals surface area contributed by atoms with Crippen molar-refractivity contribution in [2.75, 3.05) is 11.9 Å². The molecule has 1 amide bonds. The van der Waals surface area contributed by atoms with Gasteiger partial charge in [-0.15, -0.1) is 12.4 Å². The number of imidazole rings is 1. The molecule has 0 bridgehead atoms. The van der Waals surface area contributed by atoms with Gasteiger partial charge in [0.1, 0.15) is 11.5 Å². The van der Waals surface area contributed by atoms with E-state index in [1.807, 2.05) is 6.92 Å². The van der Waals surface area contributed by atoms with Crippen LogP contribution in [-0.4, -0.2) is 45.9 Å². The predicted octanol–water partition coefficient (Wildman–Crippen LogP) is 1.32. The number of carbonyl (C=O) groups is 1. The summed E-state index contributed by atoms with van der Waals surface area (Å²) in [5, 5.41) is 0. The van der Waals surface area contributed by atoms with Gasteiger partial charge in [-0.05, 0) is 26.2 Å². The zero-order chi connectivity index (χ0) is 12.4. The molecule has 2 atom stereocenters. The minimum atomic E-state index is -0.0411. The lowest BCUT2D eigenvalue weighted by Crippen LogP contribution is -2.51. The fourth-order valence-electron chi connectivity index (χ4n) is 3.29. The maximum Gasteiger partial charge on any atom is 0.280 e. The molecule has 102 valence electrons. The van der Waals surface area contributed by atoms with Crippen molar-refractivity contribution in [2.45, 2.75) is 38.3 Å². The van der Waals surface area contributed by atoms with Gasteiger partial charge in [0, 0.05) is 7.05 Å². The number of aryl methyl sites for hydroxylation is 1. The number of anilines is 1. The van der Waals surface area contributed by atoms with Crippen LogP contribution in [-0.2, 0) is 0 Å². The first-order valence-corrected chi connectivity index (χ1v) is 6.38. The van der Waals surface area contributed by atoms with Crippen molar-refractivity contribution in [3.63, 3.8) is 0 Å². The van der Waals surface area contributed by atoms with Gasteiger partial charge in [-0.1, -0.05) is 0 Å². The van der Waals surface area contributed by atoms with Crippen molar-refractivity contribution >= 4 is 30.1 Å². The number of nitrogens with zero attached hydrogens (tertiary/aromatic N) is 4. The van der Waals surface area contributed by atoms with Crippen LogP contribution in [0, 0.1) is 6.92 Å². The molecule has 1 fully saturated rings. The average Bonchev–Trinajstić information content (AvgIpc) is 2.98. The molecule has 4 rings (SSSR count). The van der Waals surface area contributed by atoms with Crippen molar-refractivity contribution in [3.05, 3.63) is 11.5 Å². The third-order valence-electron chi connectivity index (χ3n) is 4.12. The fourth-order valence-corrected chi connectivity index (χ4v) is 3.29. The second-order valence-electron chi connectivity index (χ2n) is 5.25. The summed E-state index contributed by atoms with van der Waals surface area (Å²) in [4.78, 5) is 28.3. The number of carbonyl (C=O) groups excluding carboxylic acids is 1. The van der Waals surface area contributed by atoms with Gasteiger partial charge >= 0.3 is 0 Å². The lowest BCUT2D eigenvalue weighted by Gasteiger charge is -2.33. The van der Waals surface area contributed by atoms with Crippen molar-refractivity contribution in [1.29, 1.82) is 0 Å². The van der Waals surface area contributed by atoms with Gasteiger partial charge in [0.05, 0.1) is 12.1 Å². The van der Waals surface area contributed by atoms with E-state index < -0.39 is 0 Å². The monoisotopic (exact) mass is 281 g/mol. The molecule has 19 heavy (non-hydrogen) atoms. The Balaban J connectivity index is 0.00000110. The molecule has 3 heterocycles. The molecule has 6 nitrogen and oxygen atoms in total. The first-order chi connectivity index (χ1) is 8.66.